The van der Waals surface area contributed by atoms with E-state index in [0.29, 0.717) is 67.0 Å². The Morgan fingerprint density at radius 1 is 1.20 bits per heavy atom. The molecule has 40 heavy (non-hydrogen) atoms. The Morgan fingerprint density at radius 3 is 2.45 bits per heavy atom. The van der Waals surface area contributed by atoms with Crippen molar-refractivity contribution in [2.24, 2.45) is 0 Å². The van der Waals surface area contributed by atoms with Gasteiger partial charge in [0, 0.05) is 37.3 Å². The van der Waals surface area contributed by atoms with Gasteiger partial charge in [-0.15, -0.1) is 6.54 Å². The summed E-state index contributed by atoms with van der Waals surface area (Å²) in [6.45, 7) is 10.1. The second-order valence-corrected chi connectivity index (χ2v) is 10.7. The first kappa shape index (κ1) is 33.8. The molecule has 0 spiro atoms. The number of piperidine rings is 1. The average Bonchev–Trinajstić information content (AvgIpc) is 3.30. The Morgan fingerprint density at radius 2 is 1.90 bits per heavy atom. The molecule has 1 amide bonds. The van der Waals surface area contributed by atoms with Crippen molar-refractivity contribution in [1.29, 1.82) is 0 Å². The van der Waals surface area contributed by atoms with Gasteiger partial charge in [-0.05, 0) is 42.7 Å². The second kappa shape index (κ2) is 15.5. The van der Waals surface area contributed by atoms with E-state index in [1.807, 2.05) is 0 Å². The van der Waals surface area contributed by atoms with E-state index in [4.69, 9.17) is 9.47 Å². The molecule has 11 nitrogen and oxygen atoms in total. The molecule has 4 rings (SSSR count). The third-order valence-corrected chi connectivity index (χ3v) is 8.13. The van der Waals surface area contributed by atoms with E-state index in [1.165, 1.54) is 24.5 Å². The number of carboxylic acids is 1. The van der Waals surface area contributed by atoms with Crippen LogP contribution in [0.1, 0.15) is 25.3 Å². The minimum absolute atomic E-state index is 0. The molecule has 0 radical (unpaired) electrons. The summed E-state index contributed by atoms with van der Waals surface area (Å²) in [4.78, 5) is 21.3. The van der Waals surface area contributed by atoms with Crippen LogP contribution in [0.15, 0.2) is 47.6 Å². The zero-order valence-electron chi connectivity index (χ0n) is 22.6. The summed E-state index contributed by atoms with van der Waals surface area (Å²) >= 11 is 0. The van der Waals surface area contributed by atoms with Gasteiger partial charge in [0.25, 0.3) is 0 Å². The third-order valence-electron chi connectivity index (χ3n) is 6.19. The summed E-state index contributed by atoms with van der Waals surface area (Å²) < 4.78 is 41.4. The Labute approximate surface area is 258 Å². The molecule has 3 aromatic rings. The number of aromatic nitrogens is 2. The van der Waals surface area contributed by atoms with Crippen LogP contribution in [0.4, 0.5) is 0 Å². The number of hydrogen-bond donors (Lipinski definition) is 2. The molecule has 0 unspecified atom stereocenters. The van der Waals surface area contributed by atoms with E-state index in [9.17, 15) is 23.1 Å². The molecular formula is C27H34N4O7SU. The number of methoxy groups -OCH3 is 1. The summed E-state index contributed by atoms with van der Waals surface area (Å²) in [5, 5.41) is 15.9. The van der Waals surface area contributed by atoms with Crippen molar-refractivity contribution in [3.63, 3.8) is 0 Å². The van der Waals surface area contributed by atoms with E-state index in [-0.39, 0.29) is 54.4 Å². The van der Waals surface area contributed by atoms with Crippen LogP contribution in [-0.4, -0.2) is 78.8 Å². The van der Waals surface area contributed by atoms with Crippen LogP contribution in [0.3, 0.4) is 0 Å². The number of carbonyl (C=O) groups is 2. The summed E-state index contributed by atoms with van der Waals surface area (Å²) in [5.74, 6) is -0.581. The first-order valence-electron chi connectivity index (χ1n) is 12.4. The predicted octanol–water partition coefficient (Wildman–Crippen LogP) is 2.60. The largest absolute Gasteiger partial charge is 2.00 e. The number of fused-ring (bicyclic) bond motifs is 1. The van der Waals surface area contributed by atoms with Gasteiger partial charge in [-0.1, -0.05) is 12.7 Å². The number of nitrogens with zero attached hydrogens (tertiary/aromatic N) is 3. The fourth-order valence-corrected chi connectivity index (χ4v) is 6.08. The van der Waals surface area contributed by atoms with E-state index in [0.717, 1.165) is 0 Å². The van der Waals surface area contributed by atoms with Crippen molar-refractivity contribution in [3.05, 3.63) is 62.1 Å². The van der Waals surface area contributed by atoms with Gasteiger partial charge in [-0.2, -0.15) is 9.40 Å². The predicted molar refractivity (Wildman–Crippen MR) is 146 cm³/mol. The quantitative estimate of drug-likeness (QED) is 0.316. The summed E-state index contributed by atoms with van der Waals surface area (Å²) in [7, 11) is -2.33. The second-order valence-electron chi connectivity index (χ2n) is 8.78. The Kier molecular flexibility index (Phi) is 13.1. The number of carbonyl (C=O) groups excluding carboxylic acids is 1. The van der Waals surface area contributed by atoms with Crippen LogP contribution in [0.2, 0.25) is 0 Å². The number of ether oxygens (including phenoxy) is 2. The van der Waals surface area contributed by atoms with Crippen LogP contribution >= 0.6 is 0 Å². The molecule has 0 atom stereocenters. The molecule has 0 bridgehead atoms. The van der Waals surface area contributed by atoms with Crippen LogP contribution in [0.25, 0.3) is 16.6 Å². The van der Waals surface area contributed by atoms with Gasteiger partial charge in [0.15, 0.2) is 0 Å². The van der Waals surface area contributed by atoms with E-state index < -0.39 is 16.0 Å². The van der Waals surface area contributed by atoms with E-state index in [2.05, 4.69) is 24.3 Å². The monoisotopic (exact) mass is 796 g/mol. The molecule has 1 aromatic carbocycles. The summed E-state index contributed by atoms with van der Waals surface area (Å²) in [6, 6.07) is 8.43. The first-order chi connectivity index (χ1) is 18.6. The molecule has 1 aliphatic heterocycles. The Hall–Kier alpha value is -2.43. The van der Waals surface area contributed by atoms with Gasteiger partial charge >= 0.3 is 37.1 Å². The van der Waals surface area contributed by atoms with Gasteiger partial charge in [0.05, 0.1) is 36.2 Å². The maximum absolute atomic E-state index is 13.7. The van der Waals surface area contributed by atoms with Crippen LogP contribution in [-0.2, 0) is 30.8 Å². The third kappa shape index (κ3) is 8.30. The number of benzene rings is 1. The molecule has 214 valence electrons. The molecular weight excluding hydrogens is 762 g/mol. The molecule has 13 heteroatoms. The zero-order chi connectivity index (χ0) is 28.6. The number of rotatable bonds is 9. The first-order valence-corrected chi connectivity index (χ1v) is 13.9. The Balaban J connectivity index is 0.000000723. The van der Waals surface area contributed by atoms with Crippen molar-refractivity contribution in [3.8, 4) is 16.9 Å². The molecule has 2 N–H and O–H groups in total. The number of amides is 1. The van der Waals surface area contributed by atoms with Crippen molar-refractivity contribution in [2.45, 2.75) is 37.2 Å². The zero-order valence-corrected chi connectivity index (χ0v) is 27.6. The van der Waals surface area contributed by atoms with Gasteiger partial charge in [-0.25, -0.2) is 12.9 Å². The fourth-order valence-electron chi connectivity index (χ4n) is 4.39. The topological polar surface area (TPSA) is 140 Å². The normalized spacial score (nSPS) is 14.1. The number of aliphatic carboxylic acids is 1. The number of carboxylic acid groups (broad SMARTS) is 1. The minimum atomic E-state index is -3.82. The van der Waals surface area contributed by atoms with Crippen LogP contribution < -0.4 is 10.1 Å². The van der Waals surface area contributed by atoms with Crippen molar-refractivity contribution < 1.29 is 63.7 Å². The Bertz CT molecular complexity index is 1400. The fraction of sp³-hybridized carbons (Fsp3) is 0.370. The van der Waals surface area contributed by atoms with Gasteiger partial charge < -0.3 is 33.7 Å². The molecule has 2 aromatic heterocycles. The summed E-state index contributed by atoms with van der Waals surface area (Å²) in [6.07, 6.45) is 4.22. The SMILES string of the molecule is [CH2-]CNC(C)=O.[CH2-]COC1CCN(S(=O)(=O)c2cccc(OC)c2-c2ccn3ncc(CC(=O)O)c3c2)CC1.[U+2]. The van der Waals surface area contributed by atoms with E-state index >= 15 is 0 Å². The van der Waals surface area contributed by atoms with Gasteiger partial charge in [-0.3, -0.25) is 9.59 Å². The number of sulfonamides is 1. The average molecular weight is 797 g/mol. The van der Waals surface area contributed by atoms with Crippen LogP contribution in [0, 0.1) is 45.0 Å². The molecule has 0 saturated carbocycles. The molecule has 1 saturated heterocycles. The minimum Gasteiger partial charge on any atom is -0.496 e. The van der Waals surface area contributed by atoms with Gasteiger partial charge in [0.1, 0.15) is 5.75 Å². The van der Waals surface area contributed by atoms with E-state index in [1.54, 1.807) is 41.0 Å². The molecule has 1 aliphatic rings. The smallest absolute Gasteiger partial charge is 0.496 e. The van der Waals surface area contributed by atoms with Gasteiger partial charge in [0.2, 0.25) is 15.9 Å². The summed E-state index contributed by atoms with van der Waals surface area (Å²) in [5.41, 5.74) is 2.16. The maximum atomic E-state index is 13.7. The number of pyridine rings is 1. The molecule has 0 aliphatic carbocycles. The molecule has 1 fully saturated rings. The van der Waals surface area contributed by atoms with Crippen molar-refractivity contribution in [2.75, 3.05) is 33.4 Å². The van der Waals surface area contributed by atoms with Crippen molar-refractivity contribution in [1.82, 2.24) is 19.2 Å². The van der Waals surface area contributed by atoms with Crippen LogP contribution in [0.5, 0.6) is 5.75 Å². The number of hydrogen-bond acceptors (Lipinski definition) is 7. The number of nitrogens with one attached hydrogen (secondary N) is 1. The molecule has 3 heterocycles. The standard InChI is InChI=1S/C23H26N3O6S.C4H8NO.U/c1-3-32-18-8-10-25(11-9-18)33(29,30)21-6-4-5-20(31-2)23(21)16-7-12-26-19(13-16)17(15-24-26)14-22(27)28;1-3-5-4(2)6;/h4-7,12-13,15,18H,1,3,8-11,14H2,2H3,(H,27,28);1,3H2,2H3,(H,5,6);/q2*-1;+2. The van der Waals surface area contributed by atoms with Crippen molar-refractivity contribution >= 4 is 27.4 Å². The maximum Gasteiger partial charge on any atom is 2.00 e.